The number of allylic oxidation sites excluding steroid dienone is 2. The lowest BCUT2D eigenvalue weighted by Crippen LogP contribution is -2.51. The molecule has 0 saturated carbocycles. The van der Waals surface area contributed by atoms with E-state index in [1.807, 2.05) is 20.8 Å². The number of carboxylic acids is 1. The number of carbonyl (C=O) groups excluding carboxylic acids is 1. The van der Waals surface area contributed by atoms with Crippen molar-refractivity contribution in [3.05, 3.63) is 23.8 Å². The van der Waals surface area contributed by atoms with Gasteiger partial charge in [0.2, 0.25) is 0 Å². The summed E-state index contributed by atoms with van der Waals surface area (Å²) in [5.74, 6) is 4.47. The summed E-state index contributed by atoms with van der Waals surface area (Å²) in [5.41, 5.74) is -0.0541. The van der Waals surface area contributed by atoms with Gasteiger partial charge in [-0.25, -0.2) is 5.84 Å². The zero-order chi connectivity index (χ0) is 14.8. The Balaban J connectivity index is 2.79. The monoisotopic (exact) mass is 286 g/mol. The number of nitrogens with zero attached hydrogens (tertiary/aromatic N) is 1. The van der Waals surface area contributed by atoms with E-state index in [2.05, 4.69) is 0 Å². The Kier molecular flexibility index (Phi) is 4.43. The van der Waals surface area contributed by atoms with Crippen molar-refractivity contribution in [2.45, 2.75) is 44.0 Å². The summed E-state index contributed by atoms with van der Waals surface area (Å²) in [6.07, 6.45) is 4.81. The summed E-state index contributed by atoms with van der Waals surface area (Å²) in [6, 6.07) is 0. The van der Waals surface area contributed by atoms with E-state index in [0.717, 1.165) is 5.01 Å². The van der Waals surface area contributed by atoms with Crippen molar-refractivity contribution in [2.24, 2.45) is 5.84 Å². The first-order chi connectivity index (χ1) is 8.55. The molecule has 0 aromatic heterocycles. The highest BCUT2D eigenvalue weighted by Crippen LogP contribution is 2.31. The zero-order valence-electron chi connectivity index (χ0n) is 11.3. The Hall–Kier alpha value is -1.33. The van der Waals surface area contributed by atoms with E-state index in [-0.39, 0.29) is 18.7 Å². The Morgan fingerprint density at radius 3 is 2.47 bits per heavy atom. The molecule has 1 rings (SSSR count). The molecule has 0 aromatic rings. The number of hydrazine groups is 1. The normalized spacial score (nSPS) is 22.9. The summed E-state index contributed by atoms with van der Waals surface area (Å²) in [4.78, 5) is 21.8. The van der Waals surface area contributed by atoms with Gasteiger partial charge in [-0.15, -0.1) is 11.6 Å². The minimum Gasteiger partial charge on any atom is -0.481 e. The quantitative estimate of drug-likeness (QED) is 0.359. The Morgan fingerprint density at radius 2 is 2.11 bits per heavy atom. The van der Waals surface area contributed by atoms with Crippen molar-refractivity contribution in [3.8, 4) is 0 Å². The molecule has 106 valence electrons. The number of rotatable bonds is 3. The second kappa shape index (κ2) is 5.35. The molecule has 0 aromatic carbocycles. The van der Waals surface area contributed by atoms with Gasteiger partial charge < -0.3 is 5.11 Å². The summed E-state index contributed by atoms with van der Waals surface area (Å²) in [7, 11) is 0. The van der Waals surface area contributed by atoms with Crippen LogP contribution in [0.25, 0.3) is 0 Å². The van der Waals surface area contributed by atoms with Crippen molar-refractivity contribution in [3.63, 3.8) is 0 Å². The predicted molar refractivity (Wildman–Crippen MR) is 73.5 cm³/mol. The third-order valence-corrected chi connectivity index (χ3v) is 3.27. The van der Waals surface area contributed by atoms with E-state index in [9.17, 15) is 9.59 Å². The molecule has 0 bridgehead atoms. The van der Waals surface area contributed by atoms with E-state index in [1.54, 1.807) is 12.2 Å². The van der Waals surface area contributed by atoms with Crippen LogP contribution in [-0.4, -0.2) is 32.4 Å². The summed E-state index contributed by atoms with van der Waals surface area (Å²) < 4.78 is 0. The molecule has 1 aliphatic rings. The topological polar surface area (TPSA) is 83.6 Å². The lowest BCUT2D eigenvalue weighted by Gasteiger charge is -2.32. The molecule has 0 spiro atoms. The van der Waals surface area contributed by atoms with Gasteiger partial charge in [-0.2, -0.15) is 0 Å². The average molecular weight is 287 g/mol. The van der Waals surface area contributed by atoms with Gasteiger partial charge in [-0.05, 0) is 27.2 Å². The number of hydrogen-bond acceptors (Lipinski definition) is 3. The summed E-state index contributed by atoms with van der Waals surface area (Å²) in [6.45, 7) is 5.48. The standard InChI is InChI=1S/C13H19ClN2O3/c1-12(2,3)16(15)11(19)9-4-6-13(14,7-5-9)8-10(17)18/h4-6H,7-8,15H2,1-3H3,(H,17,18). The van der Waals surface area contributed by atoms with E-state index < -0.39 is 16.4 Å². The van der Waals surface area contributed by atoms with Crippen molar-refractivity contribution in [1.82, 2.24) is 5.01 Å². The Bertz CT molecular complexity index is 451. The molecule has 0 radical (unpaired) electrons. The predicted octanol–water partition coefficient (Wildman–Crippen LogP) is 1.83. The minimum atomic E-state index is -0.974. The molecular formula is C13H19ClN2O3. The third-order valence-electron chi connectivity index (χ3n) is 2.86. The van der Waals surface area contributed by atoms with Crippen LogP contribution in [0, 0.1) is 0 Å². The van der Waals surface area contributed by atoms with Gasteiger partial charge in [0.1, 0.15) is 0 Å². The minimum absolute atomic E-state index is 0.186. The van der Waals surface area contributed by atoms with Gasteiger partial charge >= 0.3 is 5.97 Å². The van der Waals surface area contributed by atoms with Gasteiger partial charge in [0, 0.05) is 5.57 Å². The molecule has 5 nitrogen and oxygen atoms in total. The number of hydrogen-bond donors (Lipinski definition) is 2. The fraction of sp³-hybridized carbons (Fsp3) is 0.538. The van der Waals surface area contributed by atoms with Crippen LogP contribution >= 0.6 is 11.6 Å². The fourth-order valence-electron chi connectivity index (χ4n) is 1.64. The number of alkyl halides is 1. The van der Waals surface area contributed by atoms with E-state index >= 15 is 0 Å². The molecule has 1 unspecified atom stereocenters. The highest BCUT2D eigenvalue weighted by Gasteiger charge is 2.31. The Labute approximate surface area is 117 Å². The molecule has 1 amide bonds. The SMILES string of the molecule is CC(C)(C)N(N)C(=O)C1=CCC(Cl)(CC(=O)O)C=C1. The van der Waals surface area contributed by atoms with Gasteiger partial charge in [-0.1, -0.05) is 18.2 Å². The van der Waals surface area contributed by atoms with Crippen LogP contribution in [0.3, 0.4) is 0 Å². The number of amides is 1. The molecule has 1 atom stereocenters. The highest BCUT2D eigenvalue weighted by atomic mass is 35.5. The summed E-state index contributed by atoms with van der Waals surface area (Å²) in [5, 5.41) is 9.92. The maximum absolute atomic E-state index is 12.1. The molecule has 0 heterocycles. The zero-order valence-corrected chi connectivity index (χ0v) is 12.1. The van der Waals surface area contributed by atoms with E-state index in [4.69, 9.17) is 22.6 Å². The first-order valence-electron chi connectivity index (χ1n) is 5.94. The van der Waals surface area contributed by atoms with Gasteiger partial charge in [0.05, 0.1) is 16.8 Å². The van der Waals surface area contributed by atoms with Gasteiger partial charge in [0.15, 0.2) is 0 Å². The molecule has 0 saturated heterocycles. The largest absolute Gasteiger partial charge is 0.481 e. The second-order valence-corrected chi connectivity index (χ2v) is 6.40. The van der Waals surface area contributed by atoms with Gasteiger partial charge in [-0.3, -0.25) is 14.6 Å². The highest BCUT2D eigenvalue weighted by molar-refractivity contribution is 6.26. The van der Waals surface area contributed by atoms with Crippen molar-refractivity contribution in [2.75, 3.05) is 0 Å². The van der Waals surface area contributed by atoms with Crippen LogP contribution in [0.2, 0.25) is 0 Å². The average Bonchev–Trinajstić information content (AvgIpc) is 2.25. The maximum Gasteiger partial charge on any atom is 0.305 e. The van der Waals surface area contributed by atoms with Crippen LogP contribution in [0.1, 0.15) is 33.6 Å². The fourth-order valence-corrected chi connectivity index (χ4v) is 1.89. The number of carbonyl (C=O) groups is 2. The van der Waals surface area contributed by atoms with Crippen LogP contribution in [0.4, 0.5) is 0 Å². The molecule has 0 fully saturated rings. The maximum atomic E-state index is 12.1. The molecule has 6 heteroatoms. The number of halogens is 1. The third kappa shape index (κ3) is 4.08. The van der Waals surface area contributed by atoms with Crippen LogP contribution in [0.5, 0.6) is 0 Å². The molecule has 0 aliphatic heterocycles. The van der Waals surface area contributed by atoms with Crippen LogP contribution in [-0.2, 0) is 9.59 Å². The molecular weight excluding hydrogens is 268 g/mol. The molecule has 1 aliphatic carbocycles. The van der Waals surface area contributed by atoms with E-state index in [1.165, 1.54) is 6.08 Å². The van der Waals surface area contributed by atoms with Crippen molar-refractivity contribution >= 4 is 23.5 Å². The molecule has 3 N–H and O–H groups in total. The van der Waals surface area contributed by atoms with Crippen molar-refractivity contribution in [1.29, 1.82) is 0 Å². The van der Waals surface area contributed by atoms with E-state index in [0.29, 0.717) is 5.57 Å². The van der Waals surface area contributed by atoms with Crippen LogP contribution in [0.15, 0.2) is 23.8 Å². The van der Waals surface area contributed by atoms with Crippen molar-refractivity contribution < 1.29 is 14.7 Å². The first kappa shape index (κ1) is 15.7. The summed E-state index contributed by atoms with van der Waals surface area (Å²) >= 11 is 6.14. The lowest BCUT2D eigenvalue weighted by molar-refractivity contribution is -0.137. The lowest BCUT2D eigenvalue weighted by atomic mass is 9.92. The Morgan fingerprint density at radius 1 is 1.53 bits per heavy atom. The first-order valence-corrected chi connectivity index (χ1v) is 6.32. The van der Waals surface area contributed by atoms with Crippen LogP contribution < -0.4 is 5.84 Å². The molecule has 19 heavy (non-hydrogen) atoms. The number of nitrogens with two attached hydrogens (primary N) is 1. The second-order valence-electron chi connectivity index (χ2n) is 5.65. The number of carboxylic acid groups (broad SMARTS) is 1. The smallest absolute Gasteiger partial charge is 0.305 e. The number of aliphatic carboxylic acids is 1. The van der Waals surface area contributed by atoms with Gasteiger partial charge in [0.25, 0.3) is 5.91 Å².